The zero-order chi connectivity index (χ0) is 22.0. The normalized spacial score (nSPS) is 11.2. The monoisotopic (exact) mass is 452 g/mol. The number of nitrogens with one attached hydrogen (secondary N) is 1. The summed E-state index contributed by atoms with van der Waals surface area (Å²) in [6.45, 7) is 1.91. The summed E-state index contributed by atoms with van der Waals surface area (Å²) in [7, 11) is 1.51. The predicted octanol–water partition coefficient (Wildman–Crippen LogP) is 6.77. The van der Waals surface area contributed by atoms with Gasteiger partial charge in [-0.3, -0.25) is 4.79 Å². The van der Waals surface area contributed by atoms with E-state index in [-0.39, 0.29) is 5.91 Å². The third-order valence-corrected chi connectivity index (χ3v) is 5.19. The SMILES string of the molecule is COc1c(Cl)cc(Cl)cc1C=CC(=O)Nc1cc(-c2nc3ccccc3o2)ccc1C. The van der Waals surface area contributed by atoms with E-state index in [2.05, 4.69) is 10.3 Å². The summed E-state index contributed by atoms with van der Waals surface area (Å²) >= 11 is 12.2. The molecule has 0 saturated carbocycles. The fourth-order valence-electron chi connectivity index (χ4n) is 3.14. The van der Waals surface area contributed by atoms with Gasteiger partial charge in [0.05, 0.1) is 12.1 Å². The Bertz CT molecular complexity index is 1280. The van der Waals surface area contributed by atoms with Gasteiger partial charge < -0.3 is 14.5 Å². The van der Waals surface area contributed by atoms with Gasteiger partial charge in [-0.15, -0.1) is 0 Å². The molecule has 5 nitrogen and oxygen atoms in total. The minimum absolute atomic E-state index is 0.309. The molecule has 0 radical (unpaired) electrons. The first-order valence-corrected chi connectivity index (χ1v) is 10.2. The first-order valence-electron chi connectivity index (χ1n) is 9.43. The average molecular weight is 453 g/mol. The molecule has 3 aromatic carbocycles. The molecule has 0 saturated heterocycles. The van der Waals surface area contributed by atoms with Crippen LogP contribution in [-0.2, 0) is 4.79 Å². The van der Waals surface area contributed by atoms with E-state index in [0.717, 1.165) is 16.6 Å². The maximum Gasteiger partial charge on any atom is 0.248 e. The fraction of sp³-hybridized carbons (Fsp3) is 0.0833. The zero-order valence-corrected chi connectivity index (χ0v) is 18.3. The molecule has 7 heteroatoms. The maximum atomic E-state index is 12.6. The zero-order valence-electron chi connectivity index (χ0n) is 16.8. The van der Waals surface area contributed by atoms with Crippen molar-refractivity contribution in [1.82, 2.24) is 4.98 Å². The number of carbonyl (C=O) groups is 1. The largest absolute Gasteiger partial charge is 0.495 e. The maximum absolute atomic E-state index is 12.6. The van der Waals surface area contributed by atoms with Crippen LogP contribution in [0.25, 0.3) is 28.6 Å². The van der Waals surface area contributed by atoms with Crippen molar-refractivity contribution in [1.29, 1.82) is 0 Å². The topological polar surface area (TPSA) is 64.4 Å². The highest BCUT2D eigenvalue weighted by atomic mass is 35.5. The highest BCUT2D eigenvalue weighted by Gasteiger charge is 2.11. The van der Waals surface area contributed by atoms with Gasteiger partial charge in [-0.2, -0.15) is 0 Å². The van der Waals surface area contributed by atoms with Crippen molar-refractivity contribution in [3.63, 3.8) is 0 Å². The van der Waals surface area contributed by atoms with Gasteiger partial charge >= 0.3 is 0 Å². The Labute approximate surface area is 189 Å². The summed E-state index contributed by atoms with van der Waals surface area (Å²) in [4.78, 5) is 17.1. The molecule has 0 bridgehead atoms. The number of anilines is 1. The summed E-state index contributed by atoms with van der Waals surface area (Å²) in [6.07, 6.45) is 3.00. The van der Waals surface area contributed by atoms with E-state index in [4.69, 9.17) is 32.4 Å². The number of nitrogens with zero attached hydrogens (tertiary/aromatic N) is 1. The second-order valence-electron chi connectivity index (χ2n) is 6.85. The molecule has 0 atom stereocenters. The molecule has 31 heavy (non-hydrogen) atoms. The Morgan fingerprint density at radius 1 is 1.13 bits per heavy atom. The van der Waals surface area contributed by atoms with Gasteiger partial charge in [-0.1, -0.05) is 41.4 Å². The van der Waals surface area contributed by atoms with Gasteiger partial charge in [-0.25, -0.2) is 4.98 Å². The lowest BCUT2D eigenvalue weighted by atomic mass is 10.1. The second kappa shape index (κ2) is 8.84. The number of oxazole rings is 1. The van der Waals surface area contributed by atoms with Crippen molar-refractivity contribution in [2.75, 3.05) is 12.4 Å². The Kier molecular flexibility index (Phi) is 5.98. The van der Waals surface area contributed by atoms with E-state index in [9.17, 15) is 4.79 Å². The molecule has 0 fully saturated rings. The number of benzene rings is 3. The number of aryl methyl sites for hydroxylation is 1. The molecule has 156 valence electrons. The number of amides is 1. The van der Waals surface area contributed by atoms with Gasteiger partial charge in [0.1, 0.15) is 11.3 Å². The van der Waals surface area contributed by atoms with Gasteiger partial charge in [0.15, 0.2) is 5.58 Å². The summed E-state index contributed by atoms with van der Waals surface area (Å²) in [5.74, 6) is 0.630. The minimum atomic E-state index is -0.309. The molecular weight excluding hydrogens is 435 g/mol. The average Bonchev–Trinajstić information content (AvgIpc) is 3.18. The molecule has 0 spiro atoms. The smallest absolute Gasteiger partial charge is 0.248 e. The van der Waals surface area contributed by atoms with E-state index in [1.165, 1.54) is 13.2 Å². The summed E-state index contributed by atoms with van der Waals surface area (Å²) in [6, 6.07) is 16.5. The van der Waals surface area contributed by atoms with Crippen LogP contribution in [0.2, 0.25) is 10.0 Å². The van der Waals surface area contributed by atoms with E-state index in [1.54, 1.807) is 18.2 Å². The number of ether oxygens (including phenoxy) is 1. The summed E-state index contributed by atoms with van der Waals surface area (Å²) in [5.41, 5.74) is 4.42. The van der Waals surface area contributed by atoms with Crippen LogP contribution >= 0.6 is 23.2 Å². The van der Waals surface area contributed by atoms with Crippen LogP contribution in [-0.4, -0.2) is 18.0 Å². The van der Waals surface area contributed by atoms with Gasteiger partial charge in [-0.05, 0) is 55.0 Å². The van der Waals surface area contributed by atoms with E-state index >= 15 is 0 Å². The molecule has 0 aliphatic rings. The molecule has 1 amide bonds. The second-order valence-corrected chi connectivity index (χ2v) is 7.69. The van der Waals surface area contributed by atoms with Gasteiger partial charge in [0.2, 0.25) is 11.8 Å². The number of fused-ring (bicyclic) bond motifs is 1. The lowest BCUT2D eigenvalue weighted by Crippen LogP contribution is -2.09. The van der Waals surface area contributed by atoms with Crippen molar-refractivity contribution in [3.05, 3.63) is 81.8 Å². The molecule has 0 unspecified atom stereocenters. The van der Waals surface area contributed by atoms with Crippen LogP contribution in [0, 0.1) is 6.92 Å². The van der Waals surface area contributed by atoms with Crippen LogP contribution in [0.15, 0.2) is 65.1 Å². The molecule has 0 aliphatic carbocycles. The van der Waals surface area contributed by atoms with Crippen LogP contribution in [0.3, 0.4) is 0 Å². The number of hydrogen-bond donors (Lipinski definition) is 1. The predicted molar refractivity (Wildman–Crippen MR) is 125 cm³/mol. The first-order chi connectivity index (χ1) is 14.9. The first kappa shape index (κ1) is 21.0. The molecule has 4 rings (SSSR count). The quantitative estimate of drug-likeness (QED) is 0.339. The third kappa shape index (κ3) is 4.58. The van der Waals surface area contributed by atoms with Crippen molar-refractivity contribution in [3.8, 4) is 17.2 Å². The number of halogens is 2. The number of methoxy groups -OCH3 is 1. The number of aromatic nitrogens is 1. The Morgan fingerprint density at radius 3 is 2.71 bits per heavy atom. The van der Waals surface area contributed by atoms with Crippen LogP contribution in [0.4, 0.5) is 5.69 Å². The van der Waals surface area contributed by atoms with E-state index < -0.39 is 0 Å². The fourth-order valence-corrected chi connectivity index (χ4v) is 3.73. The van der Waals surface area contributed by atoms with Crippen LogP contribution < -0.4 is 10.1 Å². The summed E-state index contributed by atoms with van der Waals surface area (Å²) in [5, 5.41) is 3.71. The molecule has 4 aromatic rings. The third-order valence-electron chi connectivity index (χ3n) is 4.69. The Hall–Kier alpha value is -3.28. The van der Waals surface area contributed by atoms with Crippen molar-refractivity contribution in [2.24, 2.45) is 0 Å². The Morgan fingerprint density at radius 2 is 1.94 bits per heavy atom. The van der Waals surface area contributed by atoms with Crippen molar-refractivity contribution in [2.45, 2.75) is 6.92 Å². The number of hydrogen-bond acceptors (Lipinski definition) is 4. The van der Waals surface area contributed by atoms with Crippen LogP contribution in [0.5, 0.6) is 5.75 Å². The van der Waals surface area contributed by atoms with Gasteiger partial charge in [0, 0.05) is 27.9 Å². The highest BCUT2D eigenvalue weighted by molar-refractivity contribution is 6.36. The van der Waals surface area contributed by atoms with E-state index in [1.807, 2.05) is 49.4 Å². The number of rotatable bonds is 5. The highest BCUT2D eigenvalue weighted by Crippen LogP contribution is 2.33. The van der Waals surface area contributed by atoms with Crippen molar-refractivity contribution < 1.29 is 13.9 Å². The molecule has 1 N–H and O–H groups in total. The van der Waals surface area contributed by atoms with E-state index in [0.29, 0.717) is 38.5 Å². The standard InChI is InChI=1S/C24H18Cl2N2O3/c1-14-7-8-16(24-28-19-5-3-4-6-21(19)31-24)12-20(14)27-22(29)10-9-15-11-17(25)13-18(26)23(15)30-2/h3-13H,1-2H3,(H,27,29). The minimum Gasteiger partial charge on any atom is -0.495 e. The Balaban J connectivity index is 1.57. The molecule has 0 aliphatic heterocycles. The lowest BCUT2D eigenvalue weighted by Gasteiger charge is -2.09. The van der Waals surface area contributed by atoms with Crippen LogP contribution in [0.1, 0.15) is 11.1 Å². The van der Waals surface area contributed by atoms with Crippen molar-refractivity contribution >= 4 is 52.0 Å². The number of carbonyl (C=O) groups excluding carboxylic acids is 1. The number of para-hydroxylation sites is 2. The molecule has 1 heterocycles. The molecular formula is C24H18Cl2N2O3. The lowest BCUT2D eigenvalue weighted by molar-refractivity contribution is -0.111. The van der Waals surface area contributed by atoms with Gasteiger partial charge in [0.25, 0.3) is 0 Å². The summed E-state index contributed by atoms with van der Waals surface area (Å²) < 4.78 is 11.1. The molecule has 1 aromatic heterocycles.